The maximum atomic E-state index is 11.7. The number of aliphatic hydroxyl groups is 1. The zero-order chi connectivity index (χ0) is 28.9. The molecule has 1 atom stereocenters. The van der Waals surface area contributed by atoms with E-state index in [1.807, 2.05) is 0 Å². The molecule has 0 aliphatic carbocycles. The van der Waals surface area contributed by atoms with Crippen molar-refractivity contribution in [3.05, 3.63) is 0 Å². The first-order valence-corrected chi connectivity index (χ1v) is 14.1. The van der Waals surface area contributed by atoms with Gasteiger partial charge < -0.3 is 33.5 Å². The van der Waals surface area contributed by atoms with E-state index in [1.54, 1.807) is 0 Å². The Balaban J connectivity index is -0.0000000558. The van der Waals surface area contributed by atoms with Crippen LogP contribution in [0.3, 0.4) is 0 Å². The molecule has 0 fully saturated rings. The van der Waals surface area contributed by atoms with Crippen LogP contribution in [-0.4, -0.2) is 42.3 Å². The third kappa shape index (κ3) is 41.8. The Bertz CT molecular complexity index is 1050. The molecule has 0 amide bonds. The van der Waals surface area contributed by atoms with Crippen LogP contribution in [0.2, 0.25) is 0 Å². The predicted molar refractivity (Wildman–Crippen MR) is 157 cm³/mol. The summed E-state index contributed by atoms with van der Waals surface area (Å²) in [5, 5.41) is 11.0. The van der Waals surface area contributed by atoms with E-state index in [-0.39, 0.29) is 87.2 Å². The standard InChI is InChI=1S/C15H31O8P.C12H4OS.2Na.7H2/c1-2-3-4-5-6-7-8-9-10-15(17)23-14(11-21-13-16)12-22-24(18,19)20;1-3-4-5-6-7-8-9-10-11-14-12(2)13;;;;;;;;;/h14,16H,2-13H2,1H3,(H2,18,19,20);1H,2H3;;;7*1H/q;;2*+1;;;;;;;/p-2/t14-;;;;;;;;;;/m0........../s1. The van der Waals surface area contributed by atoms with Gasteiger partial charge >= 0.3 is 65.1 Å². The topological polar surface area (TPSA) is 145 Å². The molecule has 0 aromatic rings. The molecule has 0 heterocycles. The summed E-state index contributed by atoms with van der Waals surface area (Å²) in [5.41, 5.74) is 0. The molecule has 9 nitrogen and oxygen atoms in total. The van der Waals surface area contributed by atoms with Gasteiger partial charge in [0.15, 0.2) is 5.12 Å². The normalized spacial score (nSPS) is 9.60. The molecule has 0 spiro atoms. The number of hydrogen-bond donors (Lipinski definition) is 1. The van der Waals surface area contributed by atoms with Crippen molar-refractivity contribution in [1.82, 2.24) is 0 Å². The van der Waals surface area contributed by atoms with E-state index in [4.69, 9.17) is 16.3 Å². The Kier molecular flexibility index (Phi) is 39.9. The van der Waals surface area contributed by atoms with Crippen LogP contribution < -0.4 is 68.9 Å². The molecule has 0 unspecified atom stereocenters. The fraction of sp³-hybridized carbons (Fsp3) is 0.556. The van der Waals surface area contributed by atoms with Crippen LogP contribution in [0.25, 0.3) is 0 Å². The molecule has 0 aliphatic heterocycles. The third-order valence-corrected chi connectivity index (χ3v) is 5.00. The largest absolute Gasteiger partial charge is 1.00 e. The van der Waals surface area contributed by atoms with Gasteiger partial charge in [0.05, 0.1) is 21.0 Å². The van der Waals surface area contributed by atoms with E-state index in [0.717, 1.165) is 31.0 Å². The van der Waals surface area contributed by atoms with Crippen molar-refractivity contribution >= 4 is 30.7 Å². The van der Waals surface area contributed by atoms with E-state index >= 15 is 0 Å². The number of carbonyl (C=O) groups is 2. The molecule has 13 heteroatoms. The smallest absolute Gasteiger partial charge is 0.790 e. The summed E-state index contributed by atoms with van der Waals surface area (Å²) in [7, 11) is -5.15. The summed E-state index contributed by atoms with van der Waals surface area (Å²) in [6, 6.07) is 0. The molecule has 0 saturated heterocycles. The Morgan fingerprint density at radius 3 is 1.95 bits per heavy atom. The van der Waals surface area contributed by atoms with Gasteiger partial charge in [-0.25, -0.2) is 0 Å². The first-order chi connectivity index (χ1) is 18.2. The van der Waals surface area contributed by atoms with Crippen molar-refractivity contribution < 1.29 is 112 Å². The number of esters is 1. The zero-order valence-corrected chi connectivity index (χ0v) is 29.4. The van der Waals surface area contributed by atoms with Crippen LogP contribution in [0, 0.1) is 59.0 Å². The molecule has 0 rings (SSSR count). The van der Waals surface area contributed by atoms with E-state index in [0.29, 0.717) is 6.42 Å². The first-order valence-electron chi connectivity index (χ1n) is 11.8. The van der Waals surface area contributed by atoms with Gasteiger partial charge in [-0.05, 0) is 59.0 Å². The average Bonchev–Trinajstić information content (AvgIpc) is 2.86. The first kappa shape index (κ1) is 46.3. The number of hydrogen-bond acceptors (Lipinski definition) is 10. The molecule has 0 saturated carbocycles. The number of unbranched alkanes of at least 4 members (excludes halogenated alkanes) is 7. The minimum Gasteiger partial charge on any atom is -0.790 e. The Labute approximate surface area is 297 Å². The maximum Gasteiger partial charge on any atom is 1.00 e. The van der Waals surface area contributed by atoms with Crippen molar-refractivity contribution in [3.8, 4) is 59.0 Å². The Morgan fingerprint density at radius 2 is 1.45 bits per heavy atom. The molecular formula is C27H47Na2O9PS. The SMILES string of the molecule is C#CC#CC#CC#CC#CSC(C)=O.CCCCCCCCCCC(=O)O[C@@H](COCO)COP(=O)([O-])[O-].[HH].[HH].[HH].[HH].[HH].[HH].[HH].[Na+].[Na+]. The fourth-order valence-corrected chi connectivity index (χ4v) is 3.03. The summed E-state index contributed by atoms with van der Waals surface area (Å²) >= 11 is 0.898. The Hall–Kier alpha value is -0.680. The van der Waals surface area contributed by atoms with Crippen LogP contribution in [0.4, 0.5) is 0 Å². The van der Waals surface area contributed by atoms with Crippen LogP contribution in [-0.2, 0) is 28.2 Å². The van der Waals surface area contributed by atoms with Crippen molar-refractivity contribution in [2.24, 2.45) is 0 Å². The Morgan fingerprint density at radius 1 is 0.925 bits per heavy atom. The second-order valence-corrected chi connectivity index (χ2v) is 9.43. The summed E-state index contributed by atoms with van der Waals surface area (Å²) in [5.74, 6) is 18.5. The van der Waals surface area contributed by atoms with Crippen LogP contribution in [0.15, 0.2) is 0 Å². The van der Waals surface area contributed by atoms with Crippen molar-refractivity contribution in [1.29, 1.82) is 0 Å². The number of phosphoric ester groups is 1. The minimum atomic E-state index is -5.15. The van der Waals surface area contributed by atoms with Gasteiger partial charge in [-0.15, -0.1) is 6.42 Å². The van der Waals surface area contributed by atoms with Gasteiger partial charge in [0.25, 0.3) is 0 Å². The quantitative estimate of drug-likeness (QED) is 0.0504. The monoisotopic (exact) mass is 624 g/mol. The van der Waals surface area contributed by atoms with Gasteiger partial charge in [-0.3, -0.25) is 9.59 Å². The number of aliphatic hydroxyl groups excluding tert-OH is 1. The predicted octanol–water partition coefficient (Wildman–Crippen LogP) is -2.16. The number of ether oxygens (including phenoxy) is 2. The number of phosphoric acid groups is 1. The van der Waals surface area contributed by atoms with E-state index in [2.05, 4.69) is 68.8 Å². The summed E-state index contributed by atoms with van der Waals surface area (Å²) in [6.07, 6.45) is 12.8. The molecule has 0 aromatic heterocycles. The number of carbonyl (C=O) groups excluding carboxylic acids is 2. The van der Waals surface area contributed by atoms with Gasteiger partial charge in [-0.2, -0.15) is 0 Å². The summed E-state index contributed by atoms with van der Waals surface area (Å²) in [4.78, 5) is 43.0. The summed E-state index contributed by atoms with van der Waals surface area (Å²) < 4.78 is 24.2. The van der Waals surface area contributed by atoms with Gasteiger partial charge in [0.2, 0.25) is 0 Å². The molecule has 0 aliphatic rings. The van der Waals surface area contributed by atoms with Gasteiger partial charge in [0.1, 0.15) is 12.9 Å². The molecule has 0 radical (unpaired) electrons. The minimum absolute atomic E-state index is 0. The zero-order valence-electron chi connectivity index (χ0n) is 23.7. The average molecular weight is 625 g/mol. The van der Waals surface area contributed by atoms with Crippen molar-refractivity contribution in [2.45, 2.75) is 77.7 Å². The number of thioether (sulfide) groups is 1. The van der Waals surface area contributed by atoms with E-state index in [1.165, 1.54) is 32.6 Å². The molecule has 1 N–H and O–H groups in total. The molecule has 0 bridgehead atoms. The summed E-state index contributed by atoms with van der Waals surface area (Å²) in [6.45, 7) is 2.12. The van der Waals surface area contributed by atoms with Crippen molar-refractivity contribution in [2.75, 3.05) is 20.0 Å². The van der Waals surface area contributed by atoms with Crippen LogP contribution in [0.5, 0.6) is 0 Å². The van der Waals surface area contributed by atoms with Crippen LogP contribution >= 0.6 is 19.6 Å². The fourth-order valence-electron chi connectivity index (χ4n) is 2.44. The molecule has 0 aromatic carbocycles. The maximum absolute atomic E-state index is 11.7. The van der Waals surface area contributed by atoms with Crippen molar-refractivity contribution in [3.63, 3.8) is 0 Å². The third-order valence-electron chi connectivity index (χ3n) is 4.04. The molecular weight excluding hydrogens is 577 g/mol. The second kappa shape index (κ2) is 34.5. The number of rotatable bonds is 16. The molecule has 40 heavy (non-hydrogen) atoms. The van der Waals surface area contributed by atoms with Gasteiger partial charge in [0, 0.05) is 35.1 Å². The molecule has 222 valence electrons. The van der Waals surface area contributed by atoms with Gasteiger partial charge in [-0.1, -0.05) is 51.9 Å². The second-order valence-electron chi connectivity index (χ2n) is 7.29. The number of terminal acetylenes is 1. The van der Waals surface area contributed by atoms with E-state index < -0.39 is 33.3 Å². The van der Waals surface area contributed by atoms with E-state index in [9.17, 15) is 23.9 Å². The van der Waals surface area contributed by atoms with Crippen LogP contribution in [0.1, 0.15) is 81.6 Å².